The summed E-state index contributed by atoms with van der Waals surface area (Å²) in [7, 11) is 1.79. The van der Waals surface area contributed by atoms with Crippen molar-refractivity contribution in [3.63, 3.8) is 0 Å². The molecule has 27 heavy (non-hydrogen) atoms. The Morgan fingerprint density at radius 1 is 1.37 bits per heavy atom. The quantitative estimate of drug-likeness (QED) is 0.498. The number of hydrogen-bond acceptors (Lipinski definition) is 6. The number of aryl methyl sites for hydroxylation is 2. The van der Waals surface area contributed by atoms with Gasteiger partial charge in [0.25, 0.3) is 5.91 Å². The fourth-order valence-corrected chi connectivity index (χ4v) is 3.51. The third-order valence-electron chi connectivity index (χ3n) is 4.15. The number of carbonyl (C=O) groups excluding carboxylic acids is 2. The second kappa shape index (κ2) is 8.30. The minimum atomic E-state index is -0.554. The van der Waals surface area contributed by atoms with Crippen LogP contribution < -0.4 is 5.32 Å². The standard InChI is InChI=1S/C19H22N4O3S/c1-4-5-8-20-16(24)11-26-19(25)13-10-14(15-7-6-9-27-15)21-18-17(13)12(2)22-23(18)3/h6-7,9-10H,4-5,8,11H2,1-3H3,(H,20,24). The van der Waals surface area contributed by atoms with Crippen molar-refractivity contribution in [3.8, 4) is 10.6 Å². The number of ether oxygens (including phenoxy) is 1. The number of aromatic nitrogens is 3. The molecule has 0 bridgehead atoms. The Balaban J connectivity index is 1.88. The molecule has 0 aromatic carbocycles. The lowest BCUT2D eigenvalue weighted by Gasteiger charge is -2.08. The maximum atomic E-state index is 12.7. The first-order valence-electron chi connectivity index (χ1n) is 8.83. The Kier molecular flexibility index (Phi) is 5.85. The summed E-state index contributed by atoms with van der Waals surface area (Å²) in [6.45, 7) is 4.14. The van der Waals surface area contributed by atoms with E-state index < -0.39 is 5.97 Å². The normalized spacial score (nSPS) is 10.9. The summed E-state index contributed by atoms with van der Waals surface area (Å²) in [5.74, 6) is -0.856. The summed E-state index contributed by atoms with van der Waals surface area (Å²) < 4.78 is 6.90. The molecule has 0 fully saturated rings. The molecule has 1 N–H and O–H groups in total. The molecule has 0 saturated carbocycles. The van der Waals surface area contributed by atoms with Crippen molar-refractivity contribution in [2.24, 2.45) is 7.05 Å². The van der Waals surface area contributed by atoms with E-state index in [-0.39, 0.29) is 12.5 Å². The maximum absolute atomic E-state index is 12.7. The molecule has 1 amide bonds. The molecule has 8 heteroatoms. The Morgan fingerprint density at radius 2 is 2.19 bits per heavy atom. The molecular weight excluding hydrogens is 364 g/mol. The summed E-state index contributed by atoms with van der Waals surface area (Å²) in [4.78, 5) is 30.1. The first-order chi connectivity index (χ1) is 13.0. The number of unbranched alkanes of at least 4 members (excludes halogenated alkanes) is 1. The highest BCUT2D eigenvalue weighted by Crippen LogP contribution is 2.29. The van der Waals surface area contributed by atoms with Crippen LogP contribution in [0.15, 0.2) is 23.6 Å². The van der Waals surface area contributed by atoms with Gasteiger partial charge >= 0.3 is 5.97 Å². The van der Waals surface area contributed by atoms with Crippen molar-refractivity contribution in [1.82, 2.24) is 20.1 Å². The topological polar surface area (TPSA) is 86.1 Å². The molecule has 0 atom stereocenters. The molecule has 0 spiro atoms. The molecular formula is C19H22N4O3S. The van der Waals surface area contributed by atoms with Crippen molar-refractivity contribution in [1.29, 1.82) is 0 Å². The van der Waals surface area contributed by atoms with Gasteiger partial charge in [0.1, 0.15) is 0 Å². The zero-order valence-electron chi connectivity index (χ0n) is 15.6. The number of pyridine rings is 1. The van der Waals surface area contributed by atoms with Crippen LogP contribution in [0.1, 0.15) is 35.8 Å². The number of fused-ring (bicyclic) bond motifs is 1. The predicted octanol–water partition coefficient (Wildman–Crippen LogP) is 3.08. The highest BCUT2D eigenvalue weighted by molar-refractivity contribution is 7.13. The third-order valence-corrected chi connectivity index (χ3v) is 5.04. The van der Waals surface area contributed by atoms with Gasteiger partial charge in [0.05, 0.1) is 27.2 Å². The van der Waals surface area contributed by atoms with Gasteiger partial charge in [-0.2, -0.15) is 5.10 Å². The van der Waals surface area contributed by atoms with E-state index in [0.717, 1.165) is 17.7 Å². The van der Waals surface area contributed by atoms with Gasteiger partial charge in [-0.1, -0.05) is 19.4 Å². The van der Waals surface area contributed by atoms with Crippen LogP contribution in [0.4, 0.5) is 0 Å². The lowest BCUT2D eigenvalue weighted by molar-refractivity contribution is -0.124. The average Bonchev–Trinajstić information content (AvgIpc) is 3.28. The molecule has 0 aliphatic rings. The number of carbonyl (C=O) groups is 2. The Labute approximate surface area is 161 Å². The summed E-state index contributed by atoms with van der Waals surface area (Å²) in [5, 5.41) is 9.70. The summed E-state index contributed by atoms with van der Waals surface area (Å²) >= 11 is 1.54. The summed E-state index contributed by atoms with van der Waals surface area (Å²) in [6.07, 6.45) is 1.88. The molecule has 142 valence electrons. The van der Waals surface area contributed by atoms with Crippen molar-refractivity contribution in [3.05, 3.63) is 34.8 Å². The number of amides is 1. The third kappa shape index (κ3) is 4.16. The smallest absolute Gasteiger partial charge is 0.339 e. The van der Waals surface area contributed by atoms with Crippen LogP contribution in [0.3, 0.4) is 0 Å². The molecule has 7 nitrogen and oxygen atoms in total. The van der Waals surface area contributed by atoms with Crippen LogP contribution in [0.25, 0.3) is 21.6 Å². The van der Waals surface area contributed by atoms with Crippen molar-refractivity contribution in [2.45, 2.75) is 26.7 Å². The van der Waals surface area contributed by atoms with Gasteiger partial charge in [-0.3, -0.25) is 9.48 Å². The van der Waals surface area contributed by atoms with Gasteiger partial charge in [-0.15, -0.1) is 11.3 Å². The van der Waals surface area contributed by atoms with Crippen LogP contribution >= 0.6 is 11.3 Å². The number of nitrogens with one attached hydrogen (secondary N) is 1. The zero-order chi connectivity index (χ0) is 19.4. The van der Waals surface area contributed by atoms with Crippen LogP contribution in [-0.2, 0) is 16.6 Å². The maximum Gasteiger partial charge on any atom is 0.339 e. The molecule has 3 heterocycles. The largest absolute Gasteiger partial charge is 0.452 e. The molecule has 3 aromatic rings. The average molecular weight is 386 g/mol. The van der Waals surface area contributed by atoms with Crippen LogP contribution in [0.2, 0.25) is 0 Å². The van der Waals surface area contributed by atoms with Crippen molar-refractivity contribution >= 4 is 34.2 Å². The highest BCUT2D eigenvalue weighted by Gasteiger charge is 2.21. The zero-order valence-corrected chi connectivity index (χ0v) is 16.4. The first-order valence-corrected chi connectivity index (χ1v) is 9.71. The number of esters is 1. The minimum absolute atomic E-state index is 0.302. The van der Waals surface area contributed by atoms with Crippen LogP contribution in [-0.4, -0.2) is 39.8 Å². The number of nitrogens with zero attached hydrogens (tertiary/aromatic N) is 3. The van der Waals surface area contributed by atoms with E-state index in [9.17, 15) is 9.59 Å². The van der Waals surface area contributed by atoms with E-state index in [1.165, 1.54) is 11.3 Å². The Bertz CT molecular complexity index is 963. The lowest BCUT2D eigenvalue weighted by atomic mass is 10.1. The van der Waals surface area contributed by atoms with Gasteiger partial charge in [0, 0.05) is 13.6 Å². The van der Waals surface area contributed by atoms with E-state index in [4.69, 9.17) is 4.74 Å². The van der Waals surface area contributed by atoms with E-state index in [1.807, 2.05) is 31.4 Å². The van der Waals surface area contributed by atoms with E-state index in [1.54, 1.807) is 17.8 Å². The van der Waals surface area contributed by atoms with Crippen molar-refractivity contribution < 1.29 is 14.3 Å². The summed E-state index contributed by atoms with van der Waals surface area (Å²) in [6, 6.07) is 5.58. The van der Waals surface area contributed by atoms with Crippen LogP contribution in [0, 0.1) is 6.92 Å². The predicted molar refractivity (Wildman–Crippen MR) is 105 cm³/mol. The molecule has 0 unspecified atom stereocenters. The van der Waals surface area contributed by atoms with Gasteiger partial charge in [-0.25, -0.2) is 9.78 Å². The van der Waals surface area contributed by atoms with Crippen LogP contribution in [0.5, 0.6) is 0 Å². The molecule has 0 radical (unpaired) electrons. The molecule has 3 rings (SSSR count). The minimum Gasteiger partial charge on any atom is -0.452 e. The molecule has 3 aromatic heterocycles. The van der Waals surface area contributed by atoms with Gasteiger partial charge in [0.2, 0.25) is 0 Å². The SMILES string of the molecule is CCCCNC(=O)COC(=O)c1cc(-c2cccs2)nc2c1c(C)nn2C. The lowest BCUT2D eigenvalue weighted by Crippen LogP contribution is -2.29. The summed E-state index contributed by atoms with van der Waals surface area (Å²) in [5.41, 5.74) is 2.35. The molecule has 0 saturated heterocycles. The van der Waals surface area contributed by atoms with E-state index in [0.29, 0.717) is 34.5 Å². The molecule has 0 aliphatic heterocycles. The highest BCUT2D eigenvalue weighted by atomic mass is 32.1. The van der Waals surface area contributed by atoms with Gasteiger partial charge < -0.3 is 10.1 Å². The van der Waals surface area contributed by atoms with Gasteiger partial charge in [0.15, 0.2) is 12.3 Å². The fraction of sp³-hybridized carbons (Fsp3) is 0.368. The Hall–Kier alpha value is -2.74. The van der Waals surface area contributed by atoms with Gasteiger partial charge in [-0.05, 0) is 30.9 Å². The van der Waals surface area contributed by atoms with E-state index in [2.05, 4.69) is 15.4 Å². The number of thiophene rings is 1. The first kappa shape index (κ1) is 19.0. The Morgan fingerprint density at radius 3 is 2.89 bits per heavy atom. The second-order valence-corrected chi connectivity index (χ2v) is 7.17. The van der Waals surface area contributed by atoms with Crippen molar-refractivity contribution in [2.75, 3.05) is 13.2 Å². The number of rotatable bonds is 7. The second-order valence-electron chi connectivity index (χ2n) is 6.22. The monoisotopic (exact) mass is 386 g/mol. The molecule has 0 aliphatic carbocycles. The fourth-order valence-electron chi connectivity index (χ4n) is 2.82. The number of hydrogen-bond donors (Lipinski definition) is 1. The van der Waals surface area contributed by atoms with E-state index >= 15 is 0 Å².